The van der Waals surface area contributed by atoms with Crippen LogP contribution in [-0.2, 0) is 23.5 Å². The van der Waals surface area contributed by atoms with Gasteiger partial charge in [-0.15, -0.1) is 0 Å². The predicted octanol–water partition coefficient (Wildman–Crippen LogP) is 1.03. The molecule has 122 valence electrons. The number of hydrogen-bond acceptors (Lipinski definition) is 6. The van der Waals surface area contributed by atoms with Crippen molar-refractivity contribution in [2.75, 3.05) is 6.54 Å². The molecule has 1 N–H and O–H groups in total. The van der Waals surface area contributed by atoms with Crippen molar-refractivity contribution in [1.82, 2.24) is 14.4 Å². The maximum Gasteiger partial charge on any atom is 0.419 e. The molecule has 0 amide bonds. The van der Waals surface area contributed by atoms with Gasteiger partial charge in [-0.2, -0.15) is 0 Å². The zero-order valence-electron chi connectivity index (χ0n) is 12.4. The van der Waals surface area contributed by atoms with Gasteiger partial charge in [-0.3, -0.25) is 4.57 Å². The van der Waals surface area contributed by atoms with Crippen molar-refractivity contribution in [2.45, 2.75) is 17.7 Å². The van der Waals surface area contributed by atoms with Crippen LogP contribution in [0.15, 0.2) is 49.3 Å². The predicted molar refractivity (Wildman–Crippen MR) is 81.5 cm³/mol. The lowest BCUT2D eigenvalue weighted by atomic mass is 10.2. The van der Waals surface area contributed by atoms with Gasteiger partial charge in [0.15, 0.2) is 5.58 Å². The number of sulfonamides is 1. The van der Waals surface area contributed by atoms with Crippen molar-refractivity contribution in [3.63, 3.8) is 0 Å². The van der Waals surface area contributed by atoms with Gasteiger partial charge in [0.05, 0.1) is 16.6 Å². The van der Waals surface area contributed by atoms with E-state index in [-0.39, 0.29) is 11.4 Å². The molecule has 0 aliphatic heterocycles. The van der Waals surface area contributed by atoms with Crippen molar-refractivity contribution < 1.29 is 17.4 Å². The van der Waals surface area contributed by atoms with Crippen LogP contribution in [-0.4, -0.2) is 24.7 Å². The van der Waals surface area contributed by atoms with Gasteiger partial charge in [0.25, 0.3) is 0 Å². The highest BCUT2D eigenvalue weighted by molar-refractivity contribution is 7.89. The molecule has 2 aromatic heterocycles. The molecule has 0 spiro atoms. The van der Waals surface area contributed by atoms with Crippen molar-refractivity contribution in [1.29, 1.82) is 0 Å². The molecule has 0 aliphatic rings. The fraction of sp³-hybridized carbons (Fsp3) is 0.286. The third-order valence-electron chi connectivity index (χ3n) is 3.49. The molecule has 8 nitrogen and oxygen atoms in total. The lowest BCUT2D eigenvalue weighted by Crippen LogP contribution is -2.25. The molecular weight excluding hydrogens is 322 g/mol. The molecule has 3 aromatic rings. The number of hydrogen-bond donors (Lipinski definition) is 1. The average molecular weight is 337 g/mol. The Morgan fingerprint density at radius 3 is 2.91 bits per heavy atom. The molecule has 0 unspecified atom stereocenters. The number of aryl methyl sites for hydroxylation is 2. The largest absolute Gasteiger partial charge is 0.419 e. The zero-order chi connectivity index (χ0) is 16.4. The third kappa shape index (κ3) is 3.20. The van der Waals surface area contributed by atoms with Crippen LogP contribution in [0, 0.1) is 0 Å². The number of aromatic nitrogens is 2. The number of nitrogens with one attached hydrogen (secondary N) is 1. The van der Waals surface area contributed by atoms with Crippen molar-refractivity contribution in [2.24, 2.45) is 7.05 Å². The van der Waals surface area contributed by atoms with Gasteiger partial charge in [0, 0.05) is 19.2 Å². The van der Waals surface area contributed by atoms with Crippen LogP contribution in [0.1, 0.15) is 12.0 Å². The van der Waals surface area contributed by atoms with Crippen LogP contribution in [0.5, 0.6) is 0 Å². The van der Waals surface area contributed by atoms with E-state index in [1.807, 2.05) is 0 Å². The van der Waals surface area contributed by atoms with E-state index in [9.17, 15) is 13.2 Å². The molecule has 0 atom stereocenters. The van der Waals surface area contributed by atoms with Gasteiger partial charge in [0.2, 0.25) is 10.0 Å². The summed E-state index contributed by atoms with van der Waals surface area (Å²) in [5.74, 6) is -0.531. The summed E-state index contributed by atoms with van der Waals surface area (Å²) < 4.78 is 38.1. The molecule has 3 rings (SSSR count). The monoisotopic (exact) mass is 337 g/mol. The van der Waals surface area contributed by atoms with E-state index < -0.39 is 15.8 Å². The van der Waals surface area contributed by atoms with E-state index in [4.69, 9.17) is 8.94 Å². The number of oxazole rings is 1. The quantitative estimate of drug-likeness (QED) is 0.673. The van der Waals surface area contributed by atoms with Crippen molar-refractivity contribution in [3.05, 3.63) is 46.8 Å². The molecule has 0 aliphatic carbocycles. The van der Waals surface area contributed by atoms with Crippen molar-refractivity contribution in [3.8, 4) is 0 Å². The number of fused-ring (bicyclic) bond motifs is 1. The normalized spacial score (nSPS) is 12.0. The first-order valence-electron chi connectivity index (χ1n) is 6.95. The summed E-state index contributed by atoms with van der Waals surface area (Å²) in [6.45, 7) is 0.288. The third-order valence-corrected chi connectivity index (χ3v) is 4.95. The van der Waals surface area contributed by atoms with Crippen LogP contribution < -0.4 is 10.5 Å². The molecule has 0 saturated heterocycles. The fourth-order valence-corrected chi connectivity index (χ4v) is 3.30. The fourth-order valence-electron chi connectivity index (χ4n) is 2.21. The minimum Gasteiger partial charge on any atom is -0.408 e. The topological polar surface area (TPSA) is 107 Å². The maximum absolute atomic E-state index is 12.3. The van der Waals surface area contributed by atoms with Gasteiger partial charge in [0.1, 0.15) is 6.26 Å². The van der Waals surface area contributed by atoms with Crippen LogP contribution in [0.25, 0.3) is 11.1 Å². The molecular formula is C14H15N3O5S. The van der Waals surface area contributed by atoms with Crippen molar-refractivity contribution >= 4 is 21.1 Å². The maximum atomic E-state index is 12.3. The van der Waals surface area contributed by atoms with Gasteiger partial charge in [-0.25, -0.2) is 17.9 Å². The molecule has 23 heavy (non-hydrogen) atoms. The van der Waals surface area contributed by atoms with E-state index in [1.165, 1.54) is 36.1 Å². The summed E-state index contributed by atoms with van der Waals surface area (Å²) in [5.41, 5.74) is 1.70. The summed E-state index contributed by atoms with van der Waals surface area (Å²) in [7, 11) is -2.12. The standard InChI is InChI=1S/C14H15N3O5S/c1-17-12-7-11(4-5-13(12)22-14(17)18)23(19,20)16-6-2-3-10-8-15-21-9-10/h4-5,7-9,16H,2-3,6H2,1H3. The van der Waals surface area contributed by atoms with E-state index in [0.29, 0.717) is 23.9 Å². The molecule has 0 radical (unpaired) electrons. The first-order valence-corrected chi connectivity index (χ1v) is 8.43. The van der Waals surface area contributed by atoms with Gasteiger partial charge in [-0.05, 0) is 31.0 Å². The summed E-state index contributed by atoms with van der Waals surface area (Å²) in [4.78, 5) is 11.5. The highest BCUT2D eigenvalue weighted by atomic mass is 32.2. The Morgan fingerprint density at radius 2 is 2.17 bits per heavy atom. The minimum atomic E-state index is -3.65. The molecule has 9 heteroatoms. The molecule has 0 saturated carbocycles. The Kier molecular flexibility index (Phi) is 4.05. The van der Waals surface area contributed by atoms with Crippen LogP contribution in [0.3, 0.4) is 0 Å². The highest BCUT2D eigenvalue weighted by Gasteiger charge is 2.16. The number of benzene rings is 1. The first kappa shape index (κ1) is 15.5. The Morgan fingerprint density at radius 1 is 1.35 bits per heavy atom. The van der Waals surface area contributed by atoms with Crippen LogP contribution >= 0.6 is 0 Å². The van der Waals surface area contributed by atoms with E-state index in [2.05, 4.69) is 9.88 Å². The lowest BCUT2D eigenvalue weighted by molar-refractivity contribution is 0.418. The van der Waals surface area contributed by atoms with Gasteiger partial charge in [-0.1, -0.05) is 5.16 Å². The summed E-state index contributed by atoms with van der Waals surface area (Å²) in [6, 6.07) is 4.30. The summed E-state index contributed by atoms with van der Waals surface area (Å²) in [5, 5.41) is 3.59. The van der Waals surface area contributed by atoms with E-state index in [0.717, 1.165) is 5.56 Å². The second-order valence-corrected chi connectivity index (χ2v) is 6.86. The lowest BCUT2D eigenvalue weighted by Gasteiger charge is -2.06. The second kappa shape index (κ2) is 6.01. The van der Waals surface area contributed by atoms with Crippen LogP contribution in [0.4, 0.5) is 0 Å². The Labute approximate surface area is 131 Å². The van der Waals surface area contributed by atoms with E-state index >= 15 is 0 Å². The van der Waals surface area contributed by atoms with E-state index in [1.54, 1.807) is 6.20 Å². The second-order valence-electron chi connectivity index (χ2n) is 5.09. The summed E-state index contributed by atoms with van der Waals surface area (Å²) in [6.07, 6.45) is 4.41. The average Bonchev–Trinajstić information content (AvgIpc) is 3.13. The smallest absolute Gasteiger partial charge is 0.408 e. The van der Waals surface area contributed by atoms with Crippen LogP contribution in [0.2, 0.25) is 0 Å². The number of rotatable bonds is 6. The molecule has 0 fully saturated rings. The minimum absolute atomic E-state index is 0.0892. The Balaban J connectivity index is 1.71. The molecule has 2 heterocycles. The molecule has 1 aromatic carbocycles. The first-order chi connectivity index (χ1) is 11.0. The molecule has 0 bridgehead atoms. The Hall–Kier alpha value is -2.39. The van der Waals surface area contributed by atoms with Gasteiger partial charge < -0.3 is 8.94 Å². The number of nitrogens with zero attached hydrogens (tertiary/aromatic N) is 2. The zero-order valence-corrected chi connectivity index (χ0v) is 13.2. The summed E-state index contributed by atoms with van der Waals surface area (Å²) >= 11 is 0. The Bertz CT molecular complexity index is 970. The SMILES string of the molecule is Cn1c(=O)oc2ccc(S(=O)(=O)NCCCc3cnoc3)cc21. The van der Waals surface area contributed by atoms with Gasteiger partial charge >= 0.3 is 5.76 Å². The highest BCUT2D eigenvalue weighted by Crippen LogP contribution is 2.17.